The predicted molar refractivity (Wildman–Crippen MR) is 166 cm³/mol. The minimum absolute atomic E-state index is 0.278. The van der Waals surface area contributed by atoms with Gasteiger partial charge in [-0.25, -0.2) is 9.37 Å². The number of nitrogens with one attached hydrogen (secondary N) is 4. The maximum Gasteiger partial charge on any atom is 0.135 e. The smallest absolute Gasteiger partial charge is 0.135 e. The number of hydrogen-bond acceptors (Lipinski definition) is 6. The van der Waals surface area contributed by atoms with Gasteiger partial charge in [0.05, 0.1) is 22.6 Å². The number of H-pyrrole nitrogens is 2. The maximum atomic E-state index is 14.7. The Morgan fingerprint density at radius 1 is 0.927 bits per heavy atom. The summed E-state index contributed by atoms with van der Waals surface area (Å²) in [4.78, 5) is 15.0. The number of aromatic nitrogens is 5. The van der Waals surface area contributed by atoms with E-state index in [2.05, 4.69) is 61.7 Å². The van der Waals surface area contributed by atoms with Crippen LogP contribution in [0.4, 0.5) is 15.8 Å². The molecule has 9 heteroatoms. The first-order chi connectivity index (χ1) is 19.8. The fourth-order valence-electron chi connectivity index (χ4n) is 5.05. The molecule has 0 saturated heterocycles. The van der Waals surface area contributed by atoms with Crippen molar-refractivity contribution in [3.05, 3.63) is 78.9 Å². The van der Waals surface area contributed by atoms with Crippen LogP contribution < -0.4 is 10.6 Å². The van der Waals surface area contributed by atoms with Crippen molar-refractivity contribution in [1.82, 2.24) is 30.0 Å². The summed E-state index contributed by atoms with van der Waals surface area (Å²) in [6, 6.07) is 19.5. The molecule has 6 rings (SSSR count). The Kier molecular flexibility index (Phi) is 7.11. The SMILES string of the molecule is CC(C)Nc1cncc(-c2ccc3[nH]nc(-c4cc5c(-c6cc(F)cc(NCCN(C)C)c6)cccc5[nH]4)c3n2)c1. The molecule has 0 aliphatic heterocycles. The number of aromatic amines is 2. The first-order valence-electron chi connectivity index (χ1n) is 13.7. The summed E-state index contributed by atoms with van der Waals surface area (Å²) in [7, 11) is 4.03. The standard InChI is InChI=1S/C32H33FN8/c1-19(2)36-24-14-21(17-34-18-24)27-8-9-29-31(38-27)32(40-39-29)30-16-26-25(6-5-7-28(26)37-30)20-12-22(33)15-23(13-20)35-10-11-41(3)4/h5-9,12-19,35-37H,10-11H2,1-4H3,(H,39,40). The van der Waals surface area contributed by atoms with Crippen LogP contribution in [0.15, 0.2) is 73.1 Å². The molecule has 0 atom stereocenters. The van der Waals surface area contributed by atoms with E-state index >= 15 is 0 Å². The molecule has 0 aliphatic rings. The lowest BCUT2D eigenvalue weighted by Gasteiger charge is -2.13. The number of fused-ring (bicyclic) bond motifs is 2. The van der Waals surface area contributed by atoms with E-state index in [9.17, 15) is 4.39 Å². The molecule has 6 aromatic rings. The normalized spacial score (nSPS) is 11.7. The van der Waals surface area contributed by atoms with Crippen molar-refractivity contribution in [3.63, 3.8) is 0 Å². The molecule has 0 spiro atoms. The molecule has 8 nitrogen and oxygen atoms in total. The second-order valence-electron chi connectivity index (χ2n) is 10.8. The zero-order chi connectivity index (χ0) is 28.5. The van der Waals surface area contributed by atoms with Crippen LogP contribution in [0.25, 0.3) is 55.7 Å². The van der Waals surface area contributed by atoms with Gasteiger partial charge in [-0.1, -0.05) is 12.1 Å². The fraction of sp³-hybridized carbons (Fsp3) is 0.219. The lowest BCUT2D eigenvalue weighted by molar-refractivity contribution is 0.425. The Labute approximate surface area is 238 Å². The van der Waals surface area contributed by atoms with Crippen molar-refractivity contribution in [2.75, 3.05) is 37.8 Å². The third-order valence-corrected chi connectivity index (χ3v) is 6.91. The van der Waals surface area contributed by atoms with Gasteiger partial charge in [-0.05, 0) is 87.6 Å². The van der Waals surface area contributed by atoms with Gasteiger partial charge in [0.25, 0.3) is 0 Å². The Morgan fingerprint density at radius 3 is 2.61 bits per heavy atom. The molecule has 2 aromatic carbocycles. The summed E-state index contributed by atoms with van der Waals surface area (Å²) in [6.45, 7) is 5.77. The maximum absolute atomic E-state index is 14.7. The number of halogens is 1. The zero-order valence-electron chi connectivity index (χ0n) is 23.6. The molecule has 0 bridgehead atoms. The van der Waals surface area contributed by atoms with Crippen LogP contribution in [0.1, 0.15) is 13.8 Å². The van der Waals surface area contributed by atoms with Crippen LogP contribution in [0, 0.1) is 5.82 Å². The van der Waals surface area contributed by atoms with E-state index < -0.39 is 0 Å². The van der Waals surface area contributed by atoms with Crippen molar-refractivity contribution in [3.8, 4) is 33.8 Å². The minimum atomic E-state index is -0.278. The van der Waals surface area contributed by atoms with E-state index in [1.807, 2.05) is 62.9 Å². The first kappa shape index (κ1) is 26.5. The highest BCUT2D eigenvalue weighted by Crippen LogP contribution is 2.35. The largest absolute Gasteiger partial charge is 0.384 e. The lowest BCUT2D eigenvalue weighted by Crippen LogP contribution is -2.20. The van der Waals surface area contributed by atoms with Crippen LogP contribution in [-0.4, -0.2) is 63.3 Å². The van der Waals surface area contributed by atoms with Gasteiger partial charge in [-0.15, -0.1) is 0 Å². The van der Waals surface area contributed by atoms with Gasteiger partial charge in [-0.3, -0.25) is 10.1 Å². The fourth-order valence-corrected chi connectivity index (χ4v) is 5.05. The molecule has 4 N–H and O–H groups in total. The Morgan fingerprint density at radius 2 is 1.78 bits per heavy atom. The molecule has 0 amide bonds. The zero-order valence-corrected chi connectivity index (χ0v) is 23.6. The van der Waals surface area contributed by atoms with Crippen molar-refractivity contribution in [2.24, 2.45) is 0 Å². The van der Waals surface area contributed by atoms with Gasteiger partial charge in [-0.2, -0.15) is 5.10 Å². The quantitative estimate of drug-likeness (QED) is 0.159. The number of nitrogens with zero attached hydrogens (tertiary/aromatic N) is 4. The first-order valence-corrected chi connectivity index (χ1v) is 13.7. The summed E-state index contributed by atoms with van der Waals surface area (Å²) in [6.07, 6.45) is 3.63. The number of likely N-dealkylation sites (N-methyl/N-ethyl adjacent to an activating group) is 1. The molecule has 4 heterocycles. The molecule has 0 unspecified atom stereocenters. The van der Waals surface area contributed by atoms with E-state index in [1.54, 1.807) is 6.07 Å². The molecule has 41 heavy (non-hydrogen) atoms. The van der Waals surface area contributed by atoms with Gasteiger partial charge in [0.15, 0.2) is 0 Å². The number of hydrogen-bond donors (Lipinski definition) is 4. The highest BCUT2D eigenvalue weighted by Gasteiger charge is 2.16. The van der Waals surface area contributed by atoms with E-state index in [4.69, 9.17) is 4.98 Å². The monoisotopic (exact) mass is 548 g/mol. The van der Waals surface area contributed by atoms with E-state index in [1.165, 1.54) is 6.07 Å². The second kappa shape index (κ2) is 11.0. The van der Waals surface area contributed by atoms with Gasteiger partial charge in [0.2, 0.25) is 0 Å². The number of pyridine rings is 2. The molecule has 0 fully saturated rings. The number of anilines is 2. The van der Waals surface area contributed by atoms with Crippen LogP contribution in [-0.2, 0) is 0 Å². The lowest BCUT2D eigenvalue weighted by atomic mass is 10.0. The Balaban J connectivity index is 1.37. The van der Waals surface area contributed by atoms with Gasteiger partial charge >= 0.3 is 0 Å². The number of rotatable bonds is 9. The van der Waals surface area contributed by atoms with Crippen LogP contribution >= 0.6 is 0 Å². The number of benzene rings is 2. The minimum Gasteiger partial charge on any atom is -0.384 e. The van der Waals surface area contributed by atoms with Crippen molar-refractivity contribution >= 4 is 33.3 Å². The Bertz CT molecular complexity index is 1840. The summed E-state index contributed by atoms with van der Waals surface area (Å²) in [5.74, 6) is -0.278. The average Bonchev–Trinajstić information content (AvgIpc) is 3.56. The summed E-state index contributed by atoms with van der Waals surface area (Å²) in [5, 5.41) is 15.4. The third kappa shape index (κ3) is 5.62. The molecule has 0 aliphatic carbocycles. The van der Waals surface area contributed by atoms with Gasteiger partial charge < -0.3 is 20.5 Å². The molecule has 0 saturated carbocycles. The van der Waals surface area contributed by atoms with E-state index in [0.29, 0.717) is 6.04 Å². The van der Waals surface area contributed by atoms with Crippen LogP contribution in [0.2, 0.25) is 0 Å². The molecular weight excluding hydrogens is 515 g/mol. The molecular formula is C32H33FN8. The van der Waals surface area contributed by atoms with Gasteiger partial charge in [0, 0.05) is 53.7 Å². The summed E-state index contributed by atoms with van der Waals surface area (Å²) < 4.78 is 14.7. The topological polar surface area (TPSA) is 97.5 Å². The highest BCUT2D eigenvalue weighted by atomic mass is 19.1. The third-order valence-electron chi connectivity index (χ3n) is 6.91. The molecule has 208 valence electrons. The van der Waals surface area contributed by atoms with Crippen molar-refractivity contribution in [1.29, 1.82) is 0 Å². The van der Waals surface area contributed by atoms with Crippen LogP contribution in [0.3, 0.4) is 0 Å². The van der Waals surface area contributed by atoms with Crippen molar-refractivity contribution < 1.29 is 4.39 Å². The molecule has 0 radical (unpaired) electrons. The predicted octanol–water partition coefficient (Wildman–Crippen LogP) is 6.77. The van der Waals surface area contributed by atoms with Crippen LogP contribution in [0.5, 0.6) is 0 Å². The average molecular weight is 549 g/mol. The summed E-state index contributed by atoms with van der Waals surface area (Å²) in [5.41, 5.74) is 9.27. The Hall–Kier alpha value is -4.76. The van der Waals surface area contributed by atoms with Crippen molar-refractivity contribution in [2.45, 2.75) is 19.9 Å². The second-order valence-corrected chi connectivity index (χ2v) is 10.8. The highest BCUT2D eigenvalue weighted by molar-refractivity contribution is 6.00. The van der Waals surface area contributed by atoms with E-state index in [-0.39, 0.29) is 5.82 Å². The van der Waals surface area contributed by atoms with Gasteiger partial charge in [0.1, 0.15) is 17.0 Å². The summed E-state index contributed by atoms with van der Waals surface area (Å²) >= 11 is 0. The van der Waals surface area contributed by atoms with E-state index in [0.717, 1.165) is 80.2 Å². The molecule has 4 aromatic heterocycles.